The molecule has 0 spiro atoms. The van der Waals surface area contributed by atoms with Crippen molar-refractivity contribution in [1.82, 2.24) is 0 Å². The number of amides is 1. The summed E-state index contributed by atoms with van der Waals surface area (Å²) in [5.41, 5.74) is 0.816. The van der Waals surface area contributed by atoms with Gasteiger partial charge in [-0.3, -0.25) is 4.79 Å². The molecule has 0 heterocycles. The summed E-state index contributed by atoms with van der Waals surface area (Å²) in [5, 5.41) is 2.81. The highest BCUT2D eigenvalue weighted by atomic mass is 79.9. The van der Waals surface area contributed by atoms with Gasteiger partial charge in [0.2, 0.25) is 5.91 Å². The van der Waals surface area contributed by atoms with Gasteiger partial charge in [0.25, 0.3) is 0 Å². The summed E-state index contributed by atoms with van der Waals surface area (Å²) < 4.78 is 1.00. The number of nitrogens with one attached hydrogen (secondary N) is 1. The number of hydrogen-bond acceptors (Lipinski definition) is 1. The molecule has 1 unspecified atom stereocenters. The summed E-state index contributed by atoms with van der Waals surface area (Å²) in [6.45, 7) is 1.96. The van der Waals surface area contributed by atoms with Crippen LogP contribution in [0.4, 0.5) is 5.69 Å². The molecular formula is C10H11Br2NO. The van der Waals surface area contributed by atoms with Gasteiger partial charge in [0, 0.05) is 10.2 Å². The second kappa shape index (κ2) is 5.51. The van der Waals surface area contributed by atoms with Crippen LogP contribution in [0.5, 0.6) is 0 Å². The lowest BCUT2D eigenvalue weighted by Gasteiger charge is -2.08. The quantitative estimate of drug-likeness (QED) is 0.848. The van der Waals surface area contributed by atoms with Crippen molar-refractivity contribution in [3.8, 4) is 0 Å². The molecule has 0 aromatic heterocycles. The SMILES string of the molecule is CCC(Br)C(=O)Nc1ccc(Br)cc1. The lowest BCUT2D eigenvalue weighted by Crippen LogP contribution is -2.21. The van der Waals surface area contributed by atoms with Crippen molar-refractivity contribution < 1.29 is 4.79 Å². The Bertz CT molecular complexity index is 310. The molecule has 1 rings (SSSR count). The summed E-state index contributed by atoms with van der Waals surface area (Å²) >= 11 is 6.63. The largest absolute Gasteiger partial charge is 0.325 e. The molecule has 0 fully saturated rings. The third-order valence-electron chi connectivity index (χ3n) is 1.75. The number of alkyl halides is 1. The number of hydrogen-bond donors (Lipinski definition) is 1. The first kappa shape index (κ1) is 11.7. The molecule has 76 valence electrons. The molecule has 1 atom stereocenters. The molecule has 1 aromatic carbocycles. The fraction of sp³-hybridized carbons (Fsp3) is 0.300. The minimum absolute atomic E-state index is 0.00479. The number of halogens is 2. The summed E-state index contributed by atoms with van der Waals surface area (Å²) in [6.07, 6.45) is 0.780. The molecule has 0 saturated carbocycles. The maximum Gasteiger partial charge on any atom is 0.238 e. The molecule has 0 saturated heterocycles. The smallest absolute Gasteiger partial charge is 0.238 e. The first-order chi connectivity index (χ1) is 6.63. The molecule has 2 nitrogen and oxygen atoms in total. The Balaban J connectivity index is 2.60. The zero-order valence-electron chi connectivity index (χ0n) is 7.76. The third kappa shape index (κ3) is 3.42. The first-order valence-corrected chi connectivity index (χ1v) is 6.05. The van der Waals surface area contributed by atoms with Gasteiger partial charge < -0.3 is 5.32 Å². The van der Waals surface area contributed by atoms with Gasteiger partial charge in [0.15, 0.2) is 0 Å². The van der Waals surface area contributed by atoms with E-state index in [9.17, 15) is 4.79 Å². The van der Waals surface area contributed by atoms with E-state index >= 15 is 0 Å². The van der Waals surface area contributed by atoms with Crippen LogP contribution in [0.1, 0.15) is 13.3 Å². The number of anilines is 1. The van der Waals surface area contributed by atoms with Crippen LogP contribution in [0.15, 0.2) is 28.7 Å². The van der Waals surface area contributed by atoms with E-state index in [4.69, 9.17) is 0 Å². The third-order valence-corrected chi connectivity index (χ3v) is 3.35. The number of carbonyl (C=O) groups is 1. The van der Waals surface area contributed by atoms with Crippen LogP contribution in [-0.2, 0) is 4.79 Å². The van der Waals surface area contributed by atoms with E-state index in [0.717, 1.165) is 16.6 Å². The van der Waals surface area contributed by atoms with Gasteiger partial charge in [-0.05, 0) is 30.7 Å². The Morgan fingerprint density at radius 1 is 1.43 bits per heavy atom. The van der Waals surface area contributed by atoms with Crippen LogP contribution in [0.3, 0.4) is 0 Å². The van der Waals surface area contributed by atoms with Crippen molar-refractivity contribution in [3.05, 3.63) is 28.7 Å². The van der Waals surface area contributed by atoms with Crippen molar-refractivity contribution >= 4 is 43.5 Å². The van der Waals surface area contributed by atoms with E-state index in [2.05, 4.69) is 37.2 Å². The molecule has 14 heavy (non-hydrogen) atoms. The average Bonchev–Trinajstić information content (AvgIpc) is 2.20. The van der Waals surface area contributed by atoms with E-state index in [-0.39, 0.29) is 10.7 Å². The summed E-state index contributed by atoms with van der Waals surface area (Å²) in [6, 6.07) is 7.50. The fourth-order valence-electron chi connectivity index (χ4n) is 0.939. The highest BCUT2D eigenvalue weighted by Gasteiger charge is 2.11. The predicted octanol–water partition coefficient (Wildman–Crippen LogP) is 3.56. The van der Waals surface area contributed by atoms with Crippen molar-refractivity contribution in [1.29, 1.82) is 0 Å². The van der Waals surface area contributed by atoms with Gasteiger partial charge in [-0.2, -0.15) is 0 Å². The van der Waals surface area contributed by atoms with E-state index in [1.54, 1.807) is 0 Å². The molecule has 1 aromatic rings. The molecule has 0 aliphatic heterocycles. The van der Waals surface area contributed by atoms with Crippen LogP contribution in [0.2, 0.25) is 0 Å². The van der Waals surface area contributed by atoms with Crippen LogP contribution in [0.25, 0.3) is 0 Å². The van der Waals surface area contributed by atoms with Crippen LogP contribution < -0.4 is 5.32 Å². The van der Waals surface area contributed by atoms with Crippen molar-refractivity contribution in [2.24, 2.45) is 0 Å². The van der Waals surface area contributed by atoms with Crippen molar-refractivity contribution in [2.45, 2.75) is 18.2 Å². The molecule has 0 aliphatic carbocycles. The lowest BCUT2D eigenvalue weighted by molar-refractivity contribution is -0.115. The maximum atomic E-state index is 11.5. The Labute approximate surface area is 100 Å². The topological polar surface area (TPSA) is 29.1 Å². The number of rotatable bonds is 3. The van der Waals surface area contributed by atoms with Crippen molar-refractivity contribution in [2.75, 3.05) is 5.32 Å². The Hall–Kier alpha value is -0.350. The molecule has 1 N–H and O–H groups in total. The van der Waals surface area contributed by atoms with Gasteiger partial charge in [-0.15, -0.1) is 0 Å². The van der Waals surface area contributed by atoms with Gasteiger partial charge >= 0.3 is 0 Å². The summed E-state index contributed by atoms with van der Waals surface area (Å²) in [4.78, 5) is 11.3. The van der Waals surface area contributed by atoms with E-state index < -0.39 is 0 Å². The van der Waals surface area contributed by atoms with E-state index in [0.29, 0.717) is 0 Å². The van der Waals surface area contributed by atoms with Crippen LogP contribution in [-0.4, -0.2) is 10.7 Å². The number of benzene rings is 1. The molecular weight excluding hydrogens is 310 g/mol. The van der Waals surface area contributed by atoms with Gasteiger partial charge in [0.1, 0.15) is 0 Å². The zero-order chi connectivity index (χ0) is 10.6. The molecule has 0 radical (unpaired) electrons. The zero-order valence-corrected chi connectivity index (χ0v) is 10.9. The van der Waals surface area contributed by atoms with Crippen LogP contribution >= 0.6 is 31.9 Å². The Morgan fingerprint density at radius 3 is 2.50 bits per heavy atom. The Kier molecular flexibility index (Phi) is 4.62. The van der Waals surface area contributed by atoms with Gasteiger partial charge in [-0.25, -0.2) is 0 Å². The monoisotopic (exact) mass is 319 g/mol. The second-order valence-electron chi connectivity index (χ2n) is 2.87. The van der Waals surface area contributed by atoms with E-state index in [1.165, 1.54) is 0 Å². The highest BCUT2D eigenvalue weighted by Crippen LogP contribution is 2.15. The number of carbonyl (C=O) groups excluding carboxylic acids is 1. The minimum Gasteiger partial charge on any atom is -0.325 e. The first-order valence-electron chi connectivity index (χ1n) is 4.34. The maximum absolute atomic E-state index is 11.5. The Morgan fingerprint density at radius 2 is 2.00 bits per heavy atom. The molecule has 4 heteroatoms. The highest BCUT2D eigenvalue weighted by molar-refractivity contribution is 9.10. The second-order valence-corrected chi connectivity index (χ2v) is 4.89. The molecule has 0 aliphatic rings. The molecule has 1 amide bonds. The van der Waals surface area contributed by atoms with Crippen LogP contribution in [0, 0.1) is 0 Å². The van der Waals surface area contributed by atoms with Gasteiger partial charge in [0.05, 0.1) is 4.83 Å². The molecule has 0 bridgehead atoms. The fourth-order valence-corrected chi connectivity index (χ4v) is 1.32. The van der Waals surface area contributed by atoms with Crippen molar-refractivity contribution in [3.63, 3.8) is 0 Å². The predicted molar refractivity (Wildman–Crippen MR) is 65.8 cm³/mol. The minimum atomic E-state index is -0.119. The average molecular weight is 321 g/mol. The normalized spacial score (nSPS) is 12.2. The van der Waals surface area contributed by atoms with Gasteiger partial charge in [-0.1, -0.05) is 38.8 Å². The lowest BCUT2D eigenvalue weighted by atomic mass is 10.3. The summed E-state index contributed by atoms with van der Waals surface area (Å²) in [7, 11) is 0. The van der Waals surface area contributed by atoms with E-state index in [1.807, 2.05) is 31.2 Å². The summed E-state index contributed by atoms with van der Waals surface area (Å²) in [5.74, 6) is -0.00479. The standard InChI is InChI=1S/C10H11Br2NO/c1-2-9(12)10(14)13-8-5-3-7(11)4-6-8/h3-6,9H,2H2,1H3,(H,13,14).